The Hall–Kier alpha value is -2.32. The number of rotatable bonds is 3. The van der Waals surface area contributed by atoms with Crippen LogP contribution in [0.15, 0.2) is 29.8 Å². The second-order valence-corrected chi connectivity index (χ2v) is 7.78. The molecule has 0 radical (unpaired) electrons. The molecular formula is C18H20N4O3S. The molecule has 2 amide bonds. The number of benzene rings is 1. The third-order valence-corrected chi connectivity index (χ3v) is 6.16. The van der Waals surface area contributed by atoms with Crippen LogP contribution >= 0.6 is 11.3 Å². The zero-order valence-electron chi connectivity index (χ0n) is 14.3. The molecule has 7 nitrogen and oxygen atoms in total. The van der Waals surface area contributed by atoms with E-state index in [9.17, 15) is 4.79 Å². The van der Waals surface area contributed by atoms with E-state index in [1.165, 1.54) is 0 Å². The molecule has 2 fully saturated rings. The number of ether oxygens (including phenoxy) is 2. The Kier molecular flexibility index (Phi) is 3.94. The number of likely N-dealkylation sites (tertiary alicyclic amines) is 2. The summed E-state index contributed by atoms with van der Waals surface area (Å²) in [6.45, 7) is 2.93. The van der Waals surface area contributed by atoms with E-state index >= 15 is 0 Å². The van der Waals surface area contributed by atoms with Gasteiger partial charge >= 0.3 is 6.03 Å². The van der Waals surface area contributed by atoms with Gasteiger partial charge in [0, 0.05) is 42.5 Å². The second kappa shape index (κ2) is 6.44. The number of urea groups is 1. The van der Waals surface area contributed by atoms with Gasteiger partial charge in [0.1, 0.15) is 5.01 Å². The van der Waals surface area contributed by atoms with Crippen molar-refractivity contribution in [3.8, 4) is 11.5 Å². The molecule has 3 aliphatic heterocycles. The van der Waals surface area contributed by atoms with E-state index in [2.05, 4.69) is 15.2 Å². The van der Waals surface area contributed by atoms with Gasteiger partial charge in [0.25, 0.3) is 0 Å². The maximum atomic E-state index is 12.8. The highest BCUT2D eigenvalue weighted by molar-refractivity contribution is 7.09. The number of nitrogens with zero attached hydrogens (tertiary/aromatic N) is 3. The molecule has 1 aromatic carbocycles. The van der Waals surface area contributed by atoms with E-state index in [4.69, 9.17) is 9.47 Å². The molecule has 5 rings (SSSR count). The Balaban J connectivity index is 1.24. The van der Waals surface area contributed by atoms with Crippen LogP contribution in [0.2, 0.25) is 0 Å². The predicted molar refractivity (Wildman–Crippen MR) is 97.6 cm³/mol. The van der Waals surface area contributed by atoms with Gasteiger partial charge in [0.15, 0.2) is 11.5 Å². The number of nitrogens with one attached hydrogen (secondary N) is 1. The molecule has 136 valence electrons. The minimum absolute atomic E-state index is 0.0348. The molecule has 0 spiro atoms. The fraction of sp³-hybridized carbons (Fsp3) is 0.444. The first-order chi connectivity index (χ1) is 12.8. The minimum Gasteiger partial charge on any atom is -0.454 e. The first-order valence-electron chi connectivity index (χ1n) is 8.87. The van der Waals surface area contributed by atoms with Crippen molar-refractivity contribution in [3.63, 3.8) is 0 Å². The van der Waals surface area contributed by atoms with E-state index in [-0.39, 0.29) is 18.9 Å². The summed E-state index contributed by atoms with van der Waals surface area (Å²) in [5.41, 5.74) is 0.736. The van der Waals surface area contributed by atoms with Crippen molar-refractivity contribution >= 4 is 23.1 Å². The summed E-state index contributed by atoms with van der Waals surface area (Å²) < 4.78 is 10.7. The van der Waals surface area contributed by atoms with Crippen molar-refractivity contribution in [1.29, 1.82) is 0 Å². The highest BCUT2D eigenvalue weighted by Gasteiger charge is 2.44. The van der Waals surface area contributed by atoms with Crippen molar-refractivity contribution in [3.05, 3.63) is 34.8 Å². The molecule has 26 heavy (non-hydrogen) atoms. The summed E-state index contributed by atoms with van der Waals surface area (Å²) in [7, 11) is 0. The summed E-state index contributed by atoms with van der Waals surface area (Å²) in [6.07, 6.45) is 3.89. The van der Waals surface area contributed by atoms with Gasteiger partial charge in [0.2, 0.25) is 6.79 Å². The number of aromatic nitrogens is 1. The minimum atomic E-state index is -0.0348. The van der Waals surface area contributed by atoms with Crippen LogP contribution in [0.5, 0.6) is 11.5 Å². The average molecular weight is 372 g/mol. The summed E-state index contributed by atoms with van der Waals surface area (Å²) in [4.78, 5) is 21.6. The number of thiazole rings is 1. The van der Waals surface area contributed by atoms with E-state index in [1.54, 1.807) is 11.3 Å². The highest BCUT2D eigenvalue weighted by Crippen LogP contribution is 2.36. The lowest BCUT2D eigenvalue weighted by Crippen LogP contribution is -2.41. The Labute approximate surface area is 155 Å². The molecule has 0 bridgehead atoms. The summed E-state index contributed by atoms with van der Waals surface area (Å²) in [5, 5.41) is 6.17. The Morgan fingerprint density at radius 2 is 2.12 bits per heavy atom. The SMILES string of the molecule is O=C(Nc1ccc2c(c1)OCO2)N1CC[C@H]2[C@@H]1CCN2Cc1nccs1. The fourth-order valence-electron chi connectivity index (χ4n) is 4.20. The quantitative estimate of drug-likeness (QED) is 0.897. The number of carbonyl (C=O) groups is 1. The maximum absolute atomic E-state index is 12.8. The smallest absolute Gasteiger partial charge is 0.322 e. The standard InChI is InChI=1S/C18H20N4O3S/c23-18(20-12-1-2-15-16(9-12)25-11-24-15)22-7-4-13-14(22)3-6-21(13)10-17-19-5-8-26-17/h1-2,5,8-9,13-14H,3-4,6-7,10-11H2,(H,20,23)/t13-,14-/m0/s1. The summed E-state index contributed by atoms with van der Waals surface area (Å²) in [6, 6.07) is 6.17. The molecule has 2 saturated heterocycles. The number of fused-ring (bicyclic) bond motifs is 2. The largest absolute Gasteiger partial charge is 0.454 e. The molecule has 8 heteroatoms. The fourth-order valence-corrected chi connectivity index (χ4v) is 4.84. The topological polar surface area (TPSA) is 66.9 Å². The Morgan fingerprint density at radius 1 is 1.23 bits per heavy atom. The van der Waals surface area contributed by atoms with E-state index in [0.29, 0.717) is 11.8 Å². The van der Waals surface area contributed by atoms with Gasteiger partial charge in [-0.2, -0.15) is 0 Å². The molecule has 1 aromatic heterocycles. The van der Waals surface area contributed by atoms with Gasteiger partial charge in [0.05, 0.1) is 12.6 Å². The van der Waals surface area contributed by atoms with Crippen LogP contribution in [-0.4, -0.2) is 52.8 Å². The zero-order chi connectivity index (χ0) is 17.5. The van der Waals surface area contributed by atoms with Gasteiger partial charge in [-0.1, -0.05) is 0 Å². The molecule has 0 unspecified atom stereocenters. The molecular weight excluding hydrogens is 352 g/mol. The monoisotopic (exact) mass is 372 g/mol. The van der Waals surface area contributed by atoms with Crippen LogP contribution in [0.1, 0.15) is 17.8 Å². The zero-order valence-corrected chi connectivity index (χ0v) is 15.1. The van der Waals surface area contributed by atoms with E-state index < -0.39 is 0 Å². The molecule has 1 N–H and O–H groups in total. The van der Waals surface area contributed by atoms with E-state index in [0.717, 1.165) is 48.9 Å². The van der Waals surface area contributed by atoms with Gasteiger partial charge in [-0.15, -0.1) is 11.3 Å². The van der Waals surface area contributed by atoms with Crippen molar-refractivity contribution in [2.24, 2.45) is 0 Å². The molecule has 2 aromatic rings. The van der Waals surface area contributed by atoms with Gasteiger partial charge in [-0.05, 0) is 25.0 Å². The number of anilines is 1. The normalized spacial score (nSPS) is 24.1. The van der Waals surface area contributed by atoms with Crippen LogP contribution in [-0.2, 0) is 6.54 Å². The van der Waals surface area contributed by atoms with Gasteiger partial charge < -0.3 is 19.7 Å². The van der Waals surface area contributed by atoms with Crippen molar-refractivity contribution < 1.29 is 14.3 Å². The summed E-state index contributed by atoms with van der Waals surface area (Å²) >= 11 is 1.69. The molecule has 0 aliphatic carbocycles. The number of hydrogen-bond acceptors (Lipinski definition) is 6. The highest BCUT2D eigenvalue weighted by atomic mass is 32.1. The van der Waals surface area contributed by atoms with Gasteiger partial charge in [-0.3, -0.25) is 4.90 Å². The first kappa shape index (κ1) is 15.9. The predicted octanol–water partition coefficient (Wildman–Crippen LogP) is 2.75. The van der Waals surface area contributed by atoms with Crippen LogP contribution in [0.3, 0.4) is 0 Å². The van der Waals surface area contributed by atoms with Crippen molar-refractivity contribution in [2.75, 3.05) is 25.2 Å². The Morgan fingerprint density at radius 3 is 3.00 bits per heavy atom. The molecule has 0 saturated carbocycles. The van der Waals surface area contributed by atoms with Crippen LogP contribution in [0.4, 0.5) is 10.5 Å². The van der Waals surface area contributed by atoms with Crippen LogP contribution in [0.25, 0.3) is 0 Å². The number of hydrogen-bond donors (Lipinski definition) is 1. The average Bonchev–Trinajstić information content (AvgIpc) is 3.41. The van der Waals surface area contributed by atoms with Crippen LogP contribution in [0, 0.1) is 0 Å². The Bertz CT molecular complexity index is 813. The second-order valence-electron chi connectivity index (χ2n) is 6.80. The first-order valence-corrected chi connectivity index (χ1v) is 9.75. The lowest BCUT2D eigenvalue weighted by Gasteiger charge is -2.25. The van der Waals surface area contributed by atoms with E-state index in [1.807, 2.05) is 34.7 Å². The lowest BCUT2D eigenvalue weighted by molar-refractivity contribution is 0.174. The molecule has 4 heterocycles. The molecule has 3 aliphatic rings. The van der Waals surface area contributed by atoms with Crippen LogP contribution < -0.4 is 14.8 Å². The number of carbonyl (C=O) groups excluding carboxylic acids is 1. The third kappa shape index (κ3) is 2.79. The van der Waals surface area contributed by atoms with Crippen molar-refractivity contribution in [1.82, 2.24) is 14.8 Å². The summed E-state index contributed by atoms with van der Waals surface area (Å²) in [5.74, 6) is 1.40. The van der Waals surface area contributed by atoms with Crippen molar-refractivity contribution in [2.45, 2.75) is 31.5 Å². The lowest BCUT2D eigenvalue weighted by atomic mass is 10.1. The maximum Gasteiger partial charge on any atom is 0.322 e. The molecule has 2 atom stereocenters. The van der Waals surface area contributed by atoms with Gasteiger partial charge in [-0.25, -0.2) is 9.78 Å². The third-order valence-electron chi connectivity index (χ3n) is 5.40. The number of amides is 2.